The summed E-state index contributed by atoms with van der Waals surface area (Å²) in [4.78, 5) is 25.9. The van der Waals surface area contributed by atoms with E-state index < -0.39 is 17.6 Å². The fourth-order valence-electron chi connectivity index (χ4n) is 3.87. The van der Waals surface area contributed by atoms with E-state index in [4.69, 9.17) is 9.47 Å². The third-order valence-electron chi connectivity index (χ3n) is 5.50. The predicted octanol–water partition coefficient (Wildman–Crippen LogP) is 4.46. The minimum absolute atomic E-state index is 0.325. The number of carbonyl (C=O) groups is 2. The van der Waals surface area contributed by atoms with Crippen molar-refractivity contribution in [3.63, 3.8) is 0 Å². The number of hydrogen-bond donors (Lipinski definition) is 1. The van der Waals surface area contributed by atoms with E-state index in [0.717, 1.165) is 22.4 Å². The van der Waals surface area contributed by atoms with Crippen molar-refractivity contribution < 1.29 is 19.1 Å². The average Bonchev–Trinajstić information content (AvgIpc) is 2.79. The van der Waals surface area contributed by atoms with Gasteiger partial charge in [0.25, 0.3) is 5.91 Å². The second-order valence-electron chi connectivity index (χ2n) is 7.77. The van der Waals surface area contributed by atoms with Crippen LogP contribution in [-0.4, -0.2) is 24.1 Å². The van der Waals surface area contributed by atoms with Gasteiger partial charge in [-0.05, 0) is 48.7 Å². The van der Waals surface area contributed by atoms with Gasteiger partial charge < -0.3 is 14.8 Å². The molecule has 31 heavy (non-hydrogen) atoms. The molecule has 1 aliphatic heterocycles. The zero-order valence-electron chi connectivity index (χ0n) is 17.6. The zero-order chi connectivity index (χ0) is 21.8. The Morgan fingerprint density at radius 2 is 1.65 bits per heavy atom. The van der Waals surface area contributed by atoms with E-state index in [-0.39, 0.29) is 5.91 Å². The Morgan fingerprint density at radius 3 is 2.35 bits per heavy atom. The van der Waals surface area contributed by atoms with E-state index in [1.165, 1.54) is 0 Å². The summed E-state index contributed by atoms with van der Waals surface area (Å²) in [7, 11) is 0. The molecule has 1 N–H and O–H groups in total. The Kier molecular flexibility index (Phi) is 5.76. The van der Waals surface area contributed by atoms with Crippen LogP contribution in [-0.2, 0) is 16.0 Å². The number of cyclic esters (lactones) is 1. The van der Waals surface area contributed by atoms with Gasteiger partial charge in [0.15, 0.2) is 5.60 Å². The van der Waals surface area contributed by atoms with Crippen LogP contribution in [0.25, 0.3) is 0 Å². The van der Waals surface area contributed by atoms with Crippen molar-refractivity contribution in [2.75, 3.05) is 6.61 Å². The molecule has 0 aliphatic carbocycles. The summed E-state index contributed by atoms with van der Waals surface area (Å²) in [6, 6.07) is 24.2. The summed E-state index contributed by atoms with van der Waals surface area (Å²) >= 11 is 0. The summed E-state index contributed by atoms with van der Waals surface area (Å²) < 4.78 is 11.2. The zero-order valence-corrected chi connectivity index (χ0v) is 17.6. The molecule has 2 atom stereocenters. The van der Waals surface area contributed by atoms with Gasteiger partial charge in [0.05, 0.1) is 18.2 Å². The van der Waals surface area contributed by atoms with E-state index >= 15 is 0 Å². The van der Waals surface area contributed by atoms with Gasteiger partial charge >= 0.3 is 5.97 Å². The lowest BCUT2D eigenvalue weighted by Crippen LogP contribution is -2.52. The molecule has 0 spiro atoms. The third-order valence-corrected chi connectivity index (χ3v) is 5.50. The first-order valence-electron chi connectivity index (χ1n) is 10.4. The number of amides is 1. The van der Waals surface area contributed by atoms with Crippen LogP contribution in [0.2, 0.25) is 0 Å². The van der Waals surface area contributed by atoms with Crippen LogP contribution in [0.5, 0.6) is 5.75 Å². The van der Waals surface area contributed by atoms with Crippen molar-refractivity contribution in [2.24, 2.45) is 0 Å². The number of carbonyl (C=O) groups excluding carboxylic acids is 2. The summed E-state index contributed by atoms with van der Waals surface area (Å²) in [6.07, 6.45) is 0.325. The molecule has 158 valence electrons. The standard InChI is InChI=1S/C26H25NO4/c1-3-30-21-15-13-19(14-16-21)23(18-9-5-4-6-10-18)27-25(29)26(2)17-20-11-7-8-12-22(20)24(28)31-26/h4-16,23H,3,17H2,1-2H3,(H,27,29). The van der Waals surface area contributed by atoms with Crippen LogP contribution in [0, 0.1) is 0 Å². The van der Waals surface area contributed by atoms with Gasteiger partial charge in [0, 0.05) is 6.42 Å². The second kappa shape index (κ2) is 8.64. The number of esters is 1. The molecule has 0 saturated carbocycles. The molecule has 3 aromatic carbocycles. The molecule has 1 heterocycles. The molecule has 0 radical (unpaired) electrons. The van der Waals surface area contributed by atoms with Gasteiger partial charge in [-0.15, -0.1) is 0 Å². The monoisotopic (exact) mass is 415 g/mol. The number of hydrogen-bond acceptors (Lipinski definition) is 4. The van der Waals surface area contributed by atoms with Gasteiger partial charge in [-0.3, -0.25) is 4.79 Å². The van der Waals surface area contributed by atoms with Crippen LogP contribution in [0.1, 0.15) is 46.9 Å². The van der Waals surface area contributed by atoms with Gasteiger partial charge in [0.2, 0.25) is 0 Å². The van der Waals surface area contributed by atoms with E-state index in [0.29, 0.717) is 18.6 Å². The minimum Gasteiger partial charge on any atom is -0.494 e. The molecule has 3 aromatic rings. The van der Waals surface area contributed by atoms with E-state index in [2.05, 4.69) is 5.32 Å². The SMILES string of the molecule is CCOc1ccc(C(NC(=O)C2(C)Cc3ccccc3C(=O)O2)c2ccccc2)cc1. The fraction of sp³-hybridized carbons (Fsp3) is 0.231. The van der Waals surface area contributed by atoms with E-state index in [1.54, 1.807) is 19.1 Å². The smallest absolute Gasteiger partial charge is 0.339 e. The maximum absolute atomic E-state index is 13.4. The molecule has 5 nitrogen and oxygen atoms in total. The molecule has 5 heteroatoms. The predicted molar refractivity (Wildman–Crippen MR) is 118 cm³/mol. The van der Waals surface area contributed by atoms with E-state index in [1.807, 2.05) is 73.7 Å². The Balaban J connectivity index is 1.63. The van der Waals surface area contributed by atoms with Crippen molar-refractivity contribution in [2.45, 2.75) is 31.9 Å². The van der Waals surface area contributed by atoms with Crippen molar-refractivity contribution >= 4 is 11.9 Å². The maximum atomic E-state index is 13.4. The quantitative estimate of drug-likeness (QED) is 0.604. The first-order chi connectivity index (χ1) is 15.0. The molecule has 1 amide bonds. The highest BCUT2D eigenvalue weighted by molar-refractivity contribution is 5.97. The highest BCUT2D eigenvalue weighted by Crippen LogP contribution is 2.30. The van der Waals surface area contributed by atoms with Gasteiger partial charge in [0.1, 0.15) is 5.75 Å². The largest absolute Gasteiger partial charge is 0.494 e. The number of fused-ring (bicyclic) bond motifs is 1. The molecular weight excluding hydrogens is 390 g/mol. The first kappa shape index (κ1) is 20.7. The Hall–Kier alpha value is -3.60. The highest BCUT2D eigenvalue weighted by atomic mass is 16.6. The summed E-state index contributed by atoms with van der Waals surface area (Å²) in [5.74, 6) is -0.0379. The fourth-order valence-corrected chi connectivity index (χ4v) is 3.87. The Bertz CT molecular complexity index is 1080. The summed E-state index contributed by atoms with van der Waals surface area (Å²) in [5, 5.41) is 3.11. The molecule has 0 saturated heterocycles. The number of rotatable bonds is 6. The van der Waals surface area contributed by atoms with E-state index in [9.17, 15) is 9.59 Å². The molecule has 0 aromatic heterocycles. The van der Waals surface area contributed by atoms with Crippen molar-refractivity contribution in [1.82, 2.24) is 5.32 Å². The van der Waals surface area contributed by atoms with Crippen molar-refractivity contribution in [3.8, 4) is 5.75 Å². The first-order valence-corrected chi connectivity index (χ1v) is 10.4. The van der Waals surface area contributed by atoms with Crippen LogP contribution in [0.3, 0.4) is 0 Å². The third kappa shape index (κ3) is 4.31. The lowest BCUT2D eigenvalue weighted by atomic mass is 9.88. The van der Waals surface area contributed by atoms with Gasteiger partial charge in [-0.1, -0.05) is 60.7 Å². The van der Waals surface area contributed by atoms with Gasteiger partial charge in [-0.2, -0.15) is 0 Å². The number of nitrogens with one attached hydrogen (secondary N) is 1. The molecule has 0 fully saturated rings. The average molecular weight is 415 g/mol. The van der Waals surface area contributed by atoms with Crippen molar-refractivity contribution in [1.29, 1.82) is 0 Å². The normalized spacial score (nSPS) is 18.5. The lowest BCUT2D eigenvalue weighted by molar-refractivity contribution is -0.140. The number of ether oxygens (including phenoxy) is 2. The second-order valence-corrected chi connectivity index (χ2v) is 7.77. The topological polar surface area (TPSA) is 64.6 Å². The van der Waals surface area contributed by atoms with Crippen LogP contribution >= 0.6 is 0 Å². The summed E-state index contributed by atoms with van der Waals surface area (Å²) in [5.41, 5.74) is 1.89. The van der Waals surface area contributed by atoms with Crippen molar-refractivity contribution in [3.05, 3.63) is 101 Å². The van der Waals surface area contributed by atoms with Crippen LogP contribution < -0.4 is 10.1 Å². The van der Waals surface area contributed by atoms with Crippen LogP contribution in [0.15, 0.2) is 78.9 Å². The molecule has 4 rings (SSSR count). The molecule has 0 bridgehead atoms. The minimum atomic E-state index is -1.29. The maximum Gasteiger partial charge on any atom is 0.339 e. The van der Waals surface area contributed by atoms with Gasteiger partial charge in [-0.25, -0.2) is 4.79 Å². The number of benzene rings is 3. The molecular formula is C26H25NO4. The Labute approximate surface area is 182 Å². The summed E-state index contributed by atoms with van der Waals surface area (Å²) in [6.45, 7) is 4.19. The van der Waals surface area contributed by atoms with Crippen LogP contribution in [0.4, 0.5) is 0 Å². The molecule has 1 aliphatic rings. The Morgan fingerprint density at radius 1 is 1.00 bits per heavy atom. The molecule has 2 unspecified atom stereocenters. The highest BCUT2D eigenvalue weighted by Gasteiger charge is 2.43. The lowest BCUT2D eigenvalue weighted by Gasteiger charge is -2.34.